The minimum absolute atomic E-state index is 0.249. The molecule has 8 heteroatoms. The third-order valence-electron chi connectivity index (χ3n) is 4.06. The Balaban J connectivity index is 2.02. The predicted molar refractivity (Wildman–Crippen MR) is 115 cm³/mol. The Morgan fingerprint density at radius 2 is 1.75 bits per heavy atom. The third-order valence-corrected chi connectivity index (χ3v) is 4.86. The zero-order chi connectivity index (χ0) is 20.3. The van der Waals surface area contributed by atoms with Crippen LogP contribution in [0, 0.1) is 0 Å². The van der Waals surface area contributed by atoms with E-state index in [4.69, 9.17) is 34.8 Å². The number of likely N-dealkylation sites (N-methyl/N-ethyl adjacent to an activating group) is 1. The van der Waals surface area contributed by atoms with Crippen molar-refractivity contribution < 1.29 is 4.79 Å². The standard InChI is InChI=1S/C20H19Cl3N4O/c1-26(2)10-9-24-20(28)18-12-27(15-6-3-13(21)4-7-15)19(25-18)16-8-5-14(22)11-17(16)23/h3-8,11-12H,9-10H2,1-2H3,(H,24,28). The number of amides is 1. The van der Waals surface area contributed by atoms with E-state index >= 15 is 0 Å². The zero-order valence-electron chi connectivity index (χ0n) is 15.4. The van der Waals surface area contributed by atoms with Crippen LogP contribution in [-0.2, 0) is 0 Å². The second-order valence-corrected chi connectivity index (χ2v) is 7.76. The number of benzene rings is 2. The van der Waals surface area contributed by atoms with E-state index in [1.165, 1.54) is 0 Å². The molecule has 0 atom stereocenters. The van der Waals surface area contributed by atoms with Gasteiger partial charge in [-0.05, 0) is 56.6 Å². The SMILES string of the molecule is CN(C)CCNC(=O)c1cn(-c2ccc(Cl)cc2)c(-c2ccc(Cl)cc2Cl)n1. The molecule has 1 amide bonds. The van der Waals surface area contributed by atoms with Gasteiger partial charge < -0.3 is 10.2 Å². The van der Waals surface area contributed by atoms with Gasteiger partial charge in [0.1, 0.15) is 11.5 Å². The van der Waals surface area contributed by atoms with Gasteiger partial charge >= 0.3 is 0 Å². The van der Waals surface area contributed by atoms with Gasteiger partial charge in [-0.15, -0.1) is 0 Å². The maximum atomic E-state index is 12.6. The van der Waals surface area contributed by atoms with Crippen molar-refractivity contribution in [3.8, 4) is 17.1 Å². The van der Waals surface area contributed by atoms with Gasteiger partial charge in [0.25, 0.3) is 5.91 Å². The Morgan fingerprint density at radius 3 is 2.39 bits per heavy atom. The smallest absolute Gasteiger partial charge is 0.271 e. The Kier molecular flexibility index (Phi) is 6.62. The second-order valence-electron chi connectivity index (χ2n) is 6.48. The zero-order valence-corrected chi connectivity index (χ0v) is 17.7. The summed E-state index contributed by atoms with van der Waals surface area (Å²) in [6.07, 6.45) is 1.69. The van der Waals surface area contributed by atoms with Crippen molar-refractivity contribution in [1.82, 2.24) is 19.8 Å². The largest absolute Gasteiger partial charge is 0.349 e. The summed E-state index contributed by atoms with van der Waals surface area (Å²) < 4.78 is 1.81. The highest BCUT2D eigenvalue weighted by molar-refractivity contribution is 6.36. The molecule has 0 saturated heterocycles. The molecule has 1 N–H and O–H groups in total. The van der Waals surface area contributed by atoms with Crippen molar-refractivity contribution in [2.75, 3.05) is 27.2 Å². The number of carbonyl (C=O) groups is 1. The predicted octanol–water partition coefficient (Wildman–Crippen LogP) is 4.79. The summed E-state index contributed by atoms with van der Waals surface area (Å²) >= 11 is 18.4. The van der Waals surface area contributed by atoms with Crippen LogP contribution in [0.3, 0.4) is 0 Å². The molecular weight excluding hydrogens is 419 g/mol. The summed E-state index contributed by atoms with van der Waals surface area (Å²) in [5.74, 6) is 0.294. The molecule has 0 aliphatic carbocycles. The second kappa shape index (κ2) is 8.97. The number of halogens is 3. The first-order valence-electron chi connectivity index (χ1n) is 8.59. The molecule has 2 aromatic carbocycles. The summed E-state index contributed by atoms with van der Waals surface area (Å²) in [4.78, 5) is 19.1. The Morgan fingerprint density at radius 1 is 1.07 bits per heavy atom. The molecule has 0 bridgehead atoms. The molecule has 0 saturated carbocycles. The summed E-state index contributed by atoms with van der Waals surface area (Å²) in [5.41, 5.74) is 1.79. The van der Waals surface area contributed by atoms with Gasteiger partial charge in [-0.25, -0.2) is 4.98 Å². The lowest BCUT2D eigenvalue weighted by atomic mass is 10.2. The molecule has 146 valence electrons. The van der Waals surface area contributed by atoms with Gasteiger partial charge in [0.15, 0.2) is 0 Å². The van der Waals surface area contributed by atoms with Gasteiger partial charge in [-0.3, -0.25) is 9.36 Å². The lowest BCUT2D eigenvalue weighted by Crippen LogP contribution is -2.31. The van der Waals surface area contributed by atoms with E-state index in [-0.39, 0.29) is 5.91 Å². The fraction of sp³-hybridized carbons (Fsp3) is 0.200. The van der Waals surface area contributed by atoms with Crippen LogP contribution < -0.4 is 5.32 Å². The highest BCUT2D eigenvalue weighted by atomic mass is 35.5. The number of nitrogens with one attached hydrogen (secondary N) is 1. The topological polar surface area (TPSA) is 50.2 Å². The van der Waals surface area contributed by atoms with Gasteiger partial charge in [0, 0.05) is 40.6 Å². The average Bonchev–Trinajstić information content (AvgIpc) is 3.07. The van der Waals surface area contributed by atoms with Gasteiger partial charge in [0.2, 0.25) is 0 Å². The Hall–Kier alpha value is -2.05. The van der Waals surface area contributed by atoms with E-state index in [1.54, 1.807) is 36.5 Å². The highest BCUT2D eigenvalue weighted by Crippen LogP contribution is 2.31. The molecule has 0 unspecified atom stereocenters. The fourth-order valence-electron chi connectivity index (χ4n) is 2.63. The van der Waals surface area contributed by atoms with Crippen molar-refractivity contribution in [1.29, 1.82) is 0 Å². The van der Waals surface area contributed by atoms with E-state index in [0.717, 1.165) is 12.2 Å². The number of hydrogen-bond donors (Lipinski definition) is 1. The third kappa shape index (κ3) is 4.86. The normalized spacial score (nSPS) is 11.1. The lowest BCUT2D eigenvalue weighted by molar-refractivity contribution is 0.0946. The van der Waals surface area contributed by atoms with Crippen molar-refractivity contribution >= 4 is 40.7 Å². The Bertz CT molecular complexity index is 984. The number of imidazole rings is 1. The number of aromatic nitrogens is 2. The maximum absolute atomic E-state index is 12.6. The molecule has 1 heterocycles. The van der Waals surface area contributed by atoms with Crippen LogP contribution in [0.2, 0.25) is 15.1 Å². The van der Waals surface area contributed by atoms with E-state index in [9.17, 15) is 4.79 Å². The number of carbonyl (C=O) groups excluding carboxylic acids is 1. The molecule has 1 aromatic heterocycles. The van der Waals surface area contributed by atoms with Gasteiger partial charge in [-0.2, -0.15) is 0 Å². The molecular formula is C20H19Cl3N4O. The molecule has 0 fully saturated rings. The molecule has 0 aliphatic heterocycles. The average molecular weight is 438 g/mol. The van der Waals surface area contributed by atoms with Crippen LogP contribution in [-0.4, -0.2) is 47.5 Å². The molecule has 0 spiro atoms. The monoisotopic (exact) mass is 436 g/mol. The van der Waals surface area contributed by atoms with Crippen molar-refractivity contribution in [3.05, 3.63) is 69.4 Å². The highest BCUT2D eigenvalue weighted by Gasteiger charge is 2.18. The first kappa shape index (κ1) is 20.7. The quantitative estimate of drug-likeness (QED) is 0.603. The molecule has 28 heavy (non-hydrogen) atoms. The van der Waals surface area contributed by atoms with Crippen LogP contribution in [0.15, 0.2) is 48.7 Å². The summed E-state index contributed by atoms with van der Waals surface area (Å²) in [7, 11) is 3.89. The van der Waals surface area contributed by atoms with Crippen molar-refractivity contribution in [3.63, 3.8) is 0 Å². The number of nitrogens with zero attached hydrogens (tertiary/aromatic N) is 3. The van der Waals surface area contributed by atoms with E-state index in [1.807, 2.05) is 35.7 Å². The molecule has 0 radical (unpaired) electrons. The minimum Gasteiger partial charge on any atom is -0.349 e. The van der Waals surface area contributed by atoms with E-state index in [0.29, 0.717) is 38.7 Å². The number of rotatable bonds is 6. The van der Waals surface area contributed by atoms with E-state index < -0.39 is 0 Å². The number of hydrogen-bond acceptors (Lipinski definition) is 3. The van der Waals surface area contributed by atoms with Crippen LogP contribution >= 0.6 is 34.8 Å². The summed E-state index contributed by atoms with van der Waals surface area (Å²) in [6, 6.07) is 12.4. The molecule has 0 aliphatic rings. The maximum Gasteiger partial charge on any atom is 0.271 e. The van der Waals surface area contributed by atoms with E-state index in [2.05, 4.69) is 10.3 Å². The van der Waals surface area contributed by atoms with Crippen molar-refractivity contribution in [2.45, 2.75) is 0 Å². The summed E-state index contributed by atoms with van der Waals surface area (Å²) in [6.45, 7) is 1.26. The van der Waals surface area contributed by atoms with Crippen LogP contribution in [0.4, 0.5) is 0 Å². The van der Waals surface area contributed by atoms with Gasteiger partial charge in [-0.1, -0.05) is 34.8 Å². The molecule has 5 nitrogen and oxygen atoms in total. The van der Waals surface area contributed by atoms with Crippen molar-refractivity contribution in [2.24, 2.45) is 0 Å². The fourth-order valence-corrected chi connectivity index (χ4v) is 3.25. The summed E-state index contributed by atoms with van der Waals surface area (Å²) in [5, 5.41) is 4.48. The van der Waals surface area contributed by atoms with Crippen LogP contribution in [0.25, 0.3) is 17.1 Å². The molecule has 3 aromatic rings. The first-order chi connectivity index (χ1) is 13.3. The molecule has 3 rings (SSSR count). The lowest BCUT2D eigenvalue weighted by Gasteiger charge is -2.09. The van der Waals surface area contributed by atoms with Crippen LogP contribution in [0.5, 0.6) is 0 Å². The first-order valence-corrected chi connectivity index (χ1v) is 9.72. The Labute approximate surface area is 178 Å². The van der Waals surface area contributed by atoms with Crippen LogP contribution in [0.1, 0.15) is 10.5 Å². The van der Waals surface area contributed by atoms with Gasteiger partial charge in [0.05, 0.1) is 5.02 Å². The minimum atomic E-state index is -0.249.